The lowest BCUT2D eigenvalue weighted by Gasteiger charge is -2.03. The van der Waals surface area contributed by atoms with Gasteiger partial charge in [0.25, 0.3) is 5.91 Å². The lowest BCUT2D eigenvalue weighted by molar-refractivity contribution is 0.0926. The Kier molecular flexibility index (Phi) is 3.25. The molecule has 5 nitrogen and oxygen atoms in total. The number of amides is 1. The van der Waals surface area contributed by atoms with Gasteiger partial charge in [0.1, 0.15) is 5.52 Å². The topological polar surface area (TPSA) is 68.3 Å². The molecule has 0 aliphatic rings. The number of aryl methyl sites for hydroxylation is 1. The maximum atomic E-state index is 11.7. The van der Waals surface area contributed by atoms with Crippen molar-refractivity contribution in [2.75, 3.05) is 6.54 Å². The highest BCUT2D eigenvalue weighted by Gasteiger charge is 2.07. The van der Waals surface area contributed by atoms with Crippen molar-refractivity contribution in [1.82, 2.24) is 10.3 Å². The van der Waals surface area contributed by atoms with Gasteiger partial charge in [0.15, 0.2) is 17.2 Å². The molecule has 102 valence electrons. The Morgan fingerprint density at radius 3 is 3.05 bits per heavy atom. The minimum absolute atomic E-state index is 0.201. The molecule has 5 heteroatoms. The third kappa shape index (κ3) is 2.56. The third-order valence-corrected chi connectivity index (χ3v) is 3.00. The van der Waals surface area contributed by atoms with E-state index in [2.05, 4.69) is 10.3 Å². The van der Waals surface area contributed by atoms with E-state index in [9.17, 15) is 4.79 Å². The number of carbonyl (C=O) groups is 1. The summed E-state index contributed by atoms with van der Waals surface area (Å²) in [4.78, 5) is 16.0. The number of aromatic nitrogens is 1. The van der Waals surface area contributed by atoms with Gasteiger partial charge in [-0.15, -0.1) is 0 Å². The molecule has 0 bridgehead atoms. The SMILES string of the molecule is Cc1nc2cc(CCNC(=O)c3ccco3)ccc2o1. The Bertz CT molecular complexity index is 729. The van der Waals surface area contributed by atoms with Crippen LogP contribution in [0.2, 0.25) is 0 Å². The van der Waals surface area contributed by atoms with Gasteiger partial charge < -0.3 is 14.2 Å². The quantitative estimate of drug-likeness (QED) is 0.791. The highest BCUT2D eigenvalue weighted by molar-refractivity contribution is 5.91. The van der Waals surface area contributed by atoms with Crippen LogP contribution in [0.15, 0.2) is 45.4 Å². The molecule has 3 rings (SSSR count). The van der Waals surface area contributed by atoms with Crippen molar-refractivity contribution in [2.24, 2.45) is 0 Å². The molecule has 0 unspecified atom stereocenters. The van der Waals surface area contributed by atoms with Gasteiger partial charge in [0.05, 0.1) is 6.26 Å². The molecule has 1 amide bonds. The number of carbonyl (C=O) groups excluding carboxylic acids is 1. The molecule has 2 aromatic heterocycles. The largest absolute Gasteiger partial charge is 0.459 e. The summed E-state index contributed by atoms with van der Waals surface area (Å²) < 4.78 is 10.4. The average Bonchev–Trinajstić information content (AvgIpc) is 3.05. The minimum atomic E-state index is -0.201. The summed E-state index contributed by atoms with van der Waals surface area (Å²) in [6, 6.07) is 9.19. The van der Waals surface area contributed by atoms with Crippen molar-refractivity contribution < 1.29 is 13.6 Å². The fourth-order valence-electron chi connectivity index (χ4n) is 2.06. The van der Waals surface area contributed by atoms with Crippen LogP contribution < -0.4 is 5.32 Å². The Morgan fingerprint density at radius 1 is 1.35 bits per heavy atom. The van der Waals surface area contributed by atoms with Gasteiger partial charge in [0, 0.05) is 13.5 Å². The molecule has 20 heavy (non-hydrogen) atoms. The second kappa shape index (κ2) is 5.21. The lowest BCUT2D eigenvalue weighted by atomic mass is 10.1. The zero-order valence-corrected chi connectivity index (χ0v) is 11.1. The summed E-state index contributed by atoms with van der Waals surface area (Å²) in [7, 11) is 0. The summed E-state index contributed by atoms with van der Waals surface area (Å²) in [5.74, 6) is 0.782. The van der Waals surface area contributed by atoms with E-state index in [4.69, 9.17) is 8.83 Å². The van der Waals surface area contributed by atoms with E-state index >= 15 is 0 Å². The molecule has 0 aliphatic carbocycles. The number of furan rings is 1. The monoisotopic (exact) mass is 270 g/mol. The standard InChI is InChI=1S/C15H14N2O3/c1-10-17-12-9-11(4-5-13(12)20-10)6-7-16-15(18)14-3-2-8-19-14/h2-5,8-9H,6-7H2,1H3,(H,16,18). The van der Waals surface area contributed by atoms with Crippen LogP contribution in [0.5, 0.6) is 0 Å². The first-order valence-electron chi connectivity index (χ1n) is 6.40. The minimum Gasteiger partial charge on any atom is -0.459 e. The molecule has 0 radical (unpaired) electrons. The fourth-order valence-corrected chi connectivity index (χ4v) is 2.06. The Balaban J connectivity index is 1.61. The van der Waals surface area contributed by atoms with Gasteiger partial charge in [-0.25, -0.2) is 4.98 Å². The molecule has 0 atom stereocenters. The van der Waals surface area contributed by atoms with Gasteiger partial charge >= 0.3 is 0 Å². The van der Waals surface area contributed by atoms with E-state index in [1.54, 1.807) is 12.1 Å². The fraction of sp³-hybridized carbons (Fsp3) is 0.200. The summed E-state index contributed by atoms with van der Waals surface area (Å²) in [5, 5.41) is 2.81. The van der Waals surface area contributed by atoms with Crippen molar-refractivity contribution in [3.63, 3.8) is 0 Å². The van der Waals surface area contributed by atoms with Gasteiger partial charge in [-0.2, -0.15) is 0 Å². The Labute approximate surface area is 115 Å². The first kappa shape index (κ1) is 12.5. The van der Waals surface area contributed by atoms with Gasteiger partial charge in [0.2, 0.25) is 0 Å². The highest BCUT2D eigenvalue weighted by atomic mass is 16.3. The van der Waals surface area contributed by atoms with E-state index in [1.807, 2.05) is 25.1 Å². The molecule has 0 saturated carbocycles. The van der Waals surface area contributed by atoms with Crippen molar-refractivity contribution >= 4 is 17.0 Å². The molecule has 0 fully saturated rings. The molecule has 1 N–H and O–H groups in total. The number of nitrogens with zero attached hydrogens (tertiary/aromatic N) is 1. The molecule has 1 aromatic carbocycles. The highest BCUT2D eigenvalue weighted by Crippen LogP contribution is 2.16. The van der Waals surface area contributed by atoms with Crippen LogP contribution in [0.25, 0.3) is 11.1 Å². The van der Waals surface area contributed by atoms with Crippen molar-refractivity contribution in [3.05, 3.63) is 53.8 Å². The number of hydrogen-bond donors (Lipinski definition) is 1. The van der Waals surface area contributed by atoms with Crippen LogP contribution >= 0.6 is 0 Å². The maximum absolute atomic E-state index is 11.7. The van der Waals surface area contributed by atoms with Crippen LogP contribution in [0, 0.1) is 6.92 Å². The number of hydrogen-bond acceptors (Lipinski definition) is 4. The average molecular weight is 270 g/mol. The van der Waals surface area contributed by atoms with Gasteiger partial charge in [-0.3, -0.25) is 4.79 Å². The zero-order valence-electron chi connectivity index (χ0n) is 11.1. The van der Waals surface area contributed by atoms with E-state index in [-0.39, 0.29) is 5.91 Å². The van der Waals surface area contributed by atoms with E-state index in [0.29, 0.717) is 18.2 Å². The van der Waals surface area contributed by atoms with E-state index < -0.39 is 0 Å². The van der Waals surface area contributed by atoms with Gasteiger partial charge in [-0.05, 0) is 36.2 Å². The Morgan fingerprint density at radius 2 is 2.25 bits per heavy atom. The number of rotatable bonds is 4. The first-order valence-corrected chi connectivity index (χ1v) is 6.40. The third-order valence-electron chi connectivity index (χ3n) is 3.00. The van der Waals surface area contributed by atoms with E-state index in [1.165, 1.54) is 6.26 Å². The normalized spacial score (nSPS) is 10.8. The Hall–Kier alpha value is -2.56. The summed E-state index contributed by atoms with van der Waals surface area (Å²) in [5.41, 5.74) is 2.73. The van der Waals surface area contributed by atoms with Crippen molar-refractivity contribution in [2.45, 2.75) is 13.3 Å². The summed E-state index contributed by atoms with van der Waals surface area (Å²) in [6.07, 6.45) is 2.21. The number of benzene rings is 1. The van der Waals surface area contributed by atoms with Crippen LogP contribution in [-0.4, -0.2) is 17.4 Å². The number of fused-ring (bicyclic) bond motifs is 1. The van der Waals surface area contributed by atoms with Crippen molar-refractivity contribution in [1.29, 1.82) is 0 Å². The van der Waals surface area contributed by atoms with Crippen molar-refractivity contribution in [3.8, 4) is 0 Å². The number of oxazole rings is 1. The molecule has 2 heterocycles. The molecule has 0 spiro atoms. The van der Waals surface area contributed by atoms with Crippen LogP contribution in [0.4, 0.5) is 0 Å². The number of nitrogens with one attached hydrogen (secondary N) is 1. The maximum Gasteiger partial charge on any atom is 0.286 e. The first-order chi connectivity index (χ1) is 9.72. The smallest absolute Gasteiger partial charge is 0.286 e. The van der Waals surface area contributed by atoms with Gasteiger partial charge in [-0.1, -0.05) is 6.07 Å². The summed E-state index contributed by atoms with van der Waals surface area (Å²) in [6.45, 7) is 2.37. The van der Waals surface area contributed by atoms with Crippen LogP contribution in [0.3, 0.4) is 0 Å². The lowest BCUT2D eigenvalue weighted by Crippen LogP contribution is -2.25. The molecular formula is C15H14N2O3. The molecule has 3 aromatic rings. The second-order valence-corrected chi connectivity index (χ2v) is 4.52. The van der Waals surface area contributed by atoms with Crippen LogP contribution in [0.1, 0.15) is 22.0 Å². The second-order valence-electron chi connectivity index (χ2n) is 4.52. The van der Waals surface area contributed by atoms with E-state index in [0.717, 1.165) is 23.1 Å². The van der Waals surface area contributed by atoms with Crippen LogP contribution in [-0.2, 0) is 6.42 Å². The summed E-state index contributed by atoms with van der Waals surface area (Å²) >= 11 is 0. The zero-order chi connectivity index (χ0) is 13.9. The predicted octanol–water partition coefficient (Wildman–Crippen LogP) is 2.70. The molecule has 0 saturated heterocycles. The molecule has 0 aliphatic heterocycles. The molecular weight excluding hydrogens is 256 g/mol. The predicted molar refractivity (Wildman–Crippen MR) is 73.5 cm³/mol.